The summed E-state index contributed by atoms with van der Waals surface area (Å²) in [6.45, 7) is 21.1. The third-order valence-corrected chi connectivity index (χ3v) is 14.6. The minimum atomic E-state index is -1.42. The summed E-state index contributed by atoms with van der Waals surface area (Å²) in [5.74, 6) is -0.451. The van der Waals surface area contributed by atoms with E-state index in [1.165, 1.54) is 56.4 Å². The molecule has 3 aliphatic heterocycles. The van der Waals surface area contributed by atoms with E-state index in [0.29, 0.717) is 64.6 Å². The molecule has 10 nitrogen and oxygen atoms in total. The van der Waals surface area contributed by atoms with Crippen LogP contribution in [-0.4, -0.2) is 92.6 Å². The Morgan fingerprint density at radius 3 is 2.49 bits per heavy atom. The number of halogens is 4. The number of amides is 1. The van der Waals surface area contributed by atoms with Crippen molar-refractivity contribution in [3.63, 3.8) is 0 Å². The van der Waals surface area contributed by atoms with Crippen molar-refractivity contribution in [1.29, 1.82) is 10.7 Å². The third kappa shape index (κ3) is 9.57. The summed E-state index contributed by atoms with van der Waals surface area (Å²) in [5, 5.41) is 28.2. The molecule has 63 heavy (non-hydrogen) atoms. The molecule has 4 unspecified atom stereocenters. The van der Waals surface area contributed by atoms with E-state index >= 15 is 8.78 Å². The first-order valence-corrected chi connectivity index (χ1v) is 22.9. The van der Waals surface area contributed by atoms with Gasteiger partial charge in [-0.2, -0.15) is 15.2 Å². The van der Waals surface area contributed by atoms with Gasteiger partial charge in [0.1, 0.15) is 41.3 Å². The lowest BCUT2D eigenvalue weighted by atomic mass is 9.92. The lowest BCUT2D eigenvalue weighted by molar-refractivity contribution is -0.128. The molecule has 0 spiro atoms. The SMILES string of the molecule is CC(=N)C(C)(C)F.CCC(C)=C(O)/C=C/C(=O)N1CC(C)N(c2nc(OCC34CCCN3CC(C)C4)nc3c(F)c(-c4ccc(F)c5sc(C(C)C)c(C#N)c45)c(Cl)cc23)CC1C. The van der Waals surface area contributed by atoms with Crippen molar-refractivity contribution in [3.05, 3.63) is 68.8 Å². The normalized spacial score (nSPS) is 22.1. The molecule has 4 atom stereocenters. The summed E-state index contributed by atoms with van der Waals surface area (Å²) in [7, 11) is 0. The number of ether oxygens (including phenoxy) is 1. The molecule has 0 radical (unpaired) electrons. The minimum absolute atomic E-state index is 0.00453. The molecule has 3 fully saturated rings. The van der Waals surface area contributed by atoms with Gasteiger partial charge in [-0.1, -0.05) is 45.4 Å². The number of nitriles is 1. The molecule has 0 aliphatic carbocycles. The number of hydrogen-bond donors (Lipinski definition) is 2. The van der Waals surface area contributed by atoms with Gasteiger partial charge in [0.15, 0.2) is 5.82 Å². The number of carbonyl (C=O) groups excluding carboxylic acids is 1. The fourth-order valence-corrected chi connectivity index (χ4v) is 10.4. The highest BCUT2D eigenvalue weighted by atomic mass is 35.5. The Hall–Kier alpha value is -4.71. The highest BCUT2D eigenvalue weighted by Gasteiger charge is 2.48. The van der Waals surface area contributed by atoms with E-state index in [1.54, 1.807) is 11.0 Å². The van der Waals surface area contributed by atoms with Crippen molar-refractivity contribution in [2.75, 3.05) is 37.7 Å². The molecule has 7 rings (SSSR count). The first-order chi connectivity index (χ1) is 29.6. The van der Waals surface area contributed by atoms with E-state index in [9.17, 15) is 19.6 Å². The highest BCUT2D eigenvalue weighted by Crippen LogP contribution is 2.47. The fraction of sp³-hybridized carbons (Fsp3) is 0.521. The average molecular weight is 907 g/mol. The van der Waals surface area contributed by atoms with E-state index in [4.69, 9.17) is 31.7 Å². The molecule has 2 N–H and O–H groups in total. The van der Waals surface area contributed by atoms with Crippen LogP contribution in [0.2, 0.25) is 5.02 Å². The number of aromatic nitrogens is 2. The number of aliphatic hydroxyl groups is 1. The maximum absolute atomic E-state index is 17.4. The van der Waals surface area contributed by atoms with Crippen LogP contribution in [0.1, 0.15) is 111 Å². The van der Waals surface area contributed by atoms with Crippen LogP contribution in [0.4, 0.5) is 19.0 Å². The number of anilines is 1. The van der Waals surface area contributed by atoms with Gasteiger partial charge in [0.25, 0.3) is 0 Å². The van der Waals surface area contributed by atoms with Crippen molar-refractivity contribution in [2.45, 2.75) is 124 Å². The summed E-state index contributed by atoms with van der Waals surface area (Å²) >= 11 is 8.23. The molecule has 5 heterocycles. The third-order valence-electron chi connectivity index (χ3n) is 12.8. The number of nitrogens with zero attached hydrogens (tertiary/aromatic N) is 6. The number of carbonyl (C=O) groups is 1. The molecule has 2 aromatic heterocycles. The molecule has 3 aliphatic rings. The van der Waals surface area contributed by atoms with Gasteiger partial charge >= 0.3 is 6.01 Å². The summed E-state index contributed by atoms with van der Waals surface area (Å²) in [4.78, 5) is 30.1. The lowest BCUT2D eigenvalue weighted by Crippen LogP contribution is -2.58. The number of alkyl halides is 1. The van der Waals surface area contributed by atoms with E-state index in [0.717, 1.165) is 37.9 Å². The summed E-state index contributed by atoms with van der Waals surface area (Å²) in [6, 6.07) is 6.17. The zero-order valence-corrected chi connectivity index (χ0v) is 39.5. The highest BCUT2D eigenvalue weighted by molar-refractivity contribution is 7.19. The fourth-order valence-electron chi connectivity index (χ4n) is 8.92. The van der Waals surface area contributed by atoms with Gasteiger partial charge in [0, 0.05) is 64.7 Å². The zero-order chi connectivity index (χ0) is 46.3. The van der Waals surface area contributed by atoms with Crippen LogP contribution < -0.4 is 9.64 Å². The number of hydrogen-bond acceptors (Lipinski definition) is 10. The van der Waals surface area contributed by atoms with Crippen molar-refractivity contribution in [2.24, 2.45) is 5.92 Å². The molecule has 1 amide bonds. The Kier molecular flexibility index (Phi) is 14.2. The van der Waals surface area contributed by atoms with E-state index < -0.39 is 17.3 Å². The Balaban J connectivity index is 0.000000871. The van der Waals surface area contributed by atoms with Crippen molar-refractivity contribution < 1.29 is 27.8 Å². The summed E-state index contributed by atoms with van der Waals surface area (Å²) in [6.07, 6.45) is 6.58. The topological polar surface area (TPSA) is 130 Å². The smallest absolute Gasteiger partial charge is 0.319 e. The van der Waals surface area contributed by atoms with Gasteiger partial charge in [0.05, 0.1) is 20.8 Å². The zero-order valence-electron chi connectivity index (χ0n) is 37.9. The van der Waals surface area contributed by atoms with E-state index in [1.807, 2.05) is 46.4 Å². The second-order valence-corrected chi connectivity index (χ2v) is 19.8. The largest absolute Gasteiger partial charge is 0.508 e. The van der Waals surface area contributed by atoms with E-state index in [-0.39, 0.29) is 67.7 Å². The molecular weight excluding hydrogens is 847 g/mol. The standard InChI is InChI=1S/C43H49ClF2N6O3S.C5H10FN/c1-8-25(5)33(53)12-13-34(54)51-20-27(7)52(21-26(51)6)41-29-16-31(44)36(28-10-11-32(45)40-35(28)30(18-47)39(56-40)23(2)3)37(46)38(29)48-42(49-41)55-22-43-14-9-15-50(43)19-24(4)17-43;1-4(7)5(2,3)6/h10-13,16,23-24,26-27,53H,8-9,14-15,17,19-22H2,1-7H3;7H,1-3H3/b13-12+,33-25?;. The molecule has 0 saturated carbocycles. The molecule has 338 valence electrons. The van der Waals surface area contributed by atoms with Crippen molar-refractivity contribution >= 4 is 61.4 Å². The Morgan fingerprint density at radius 1 is 1.16 bits per heavy atom. The van der Waals surface area contributed by atoms with E-state index in [2.05, 4.69) is 17.9 Å². The number of thiophene rings is 1. The molecular formula is C48H59ClF3N7O3S. The summed E-state index contributed by atoms with van der Waals surface area (Å²) in [5.41, 5.74) is -0.0545. The Morgan fingerprint density at radius 2 is 1.86 bits per heavy atom. The van der Waals surface area contributed by atoms with Crippen LogP contribution in [0, 0.1) is 34.3 Å². The predicted octanol–water partition coefficient (Wildman–Crippen LogP) is 11.7. The van der Waals surface area contributed by atoms with Crippen molar-refractivity contribution in [1.82, 2.24) is 19.8 Å². The quantitative estimate of drug-likeness (QED) is 0.0696. The Bertz CT molecular complexity index is 2530. The number of rotatable bonds is 10. The van der Waals surface area contributed by atoms with Crippen LogP contribution in [-0.2, 0) is 4.79 Å². The molecule has 0 bridgehead atoms. The minimum Gasteiger partial charge on any atom is -0.508 e. The first kappa shape index (κ1) is 47.8. The molecule has 4 aromatic rings. The number of allylic oxidation sites excluding steroid dienone is 2. The number of aliphatic hydroxyl groups excluding tert-OH is 1. The second-order valence-electron chi connectivity index (χ2n) is 18.3. The van der Waals surface area contributed by atoms with Gasteiger partial charge in [-0.15, -0.1) is 11.3 Å². The predicted molar refractivity (Wildman–Crippen MR) is 248 cm³/mol. The van der Waals surface area contributed by atoms with Crippen LogP contribution >= 0.6 is 22.9 Å². The number of piperazine rings is 1. The van der Waals surface area contributed by atoms with Crippen LogP contribution in [0.15, 0.2) is 41.7 Å². The Labute approximate surface area is 377 Å². The van der Waals surface area contributed by atoms with Crippen molar-refractivity contribution in [3.8, 4) is 23.2 Å². The number of fused-ring (bicyclic) bond motifs is 3. The van der Waals surface area contributed by atoms with Crippen LogP contribution in [0.3, 0.4) is 0 Å². The average Bonchev–Trinajstić information content (AvgIpc) is 3.90. The van der Waals surface area contributed by atoms with Gasteiger partial charge in [-0.3, -0.25) is 9.69 Å². The monoisotopic (exact) mass is 905 g/mol. The maximum Gasteiger partial charge on any atom is 0.319 e. The molecule has 2 aromatic carbocycles. The van der Waals surface area contributed by atoms with Gasteiger partial charge in [-0.05, 0) is 115 Å². The first-order valence-electron chi connectivity index (χ1n) is 21.7. The van der Waals surface area contributed by atoms with Gasteiger partial charge < -0.3 is 25.1 Å². The summed E-state index contributed by atoms with van der Waals surface area (Å²) < 4.78 is 51.8. The van der Waals surface area contributed by atoms with Gasteiger partial charge in [-0.25, -0.2) is 13.2 Å². The van der Waals surface area contributed by atoms with Crippen LogP contribution in [0.25, 0.3) is 32.1 Å². The maximum atomic E-state index is 17.4. The second kappa shape index (κ2) is 18.8. The van der Waals surface area contributed by atoms with Crippen LogP contribution in [0.5, 0.6) is 6.01 Å². The molecule has 15 heteroatoms. The molecule has 3 saturated heterocycles. The lowest BCUT2D eigenvalue weighted by Gasteiger charge is -2.44. The van der Waals surface area contributed by atoms with Gasteiger partial charge in [0.2, 0.25) is 5.91 Å². The number of benzene rings is 2. The number of nitrogens with one attached hydrogen (secondary N) is 1.